The van der Waals surface area contributed by atoms with Crippen LogP contribution in [0.2, 0.25) is 0 Å². The molecule has 0 radical (unpaired) electrons. The van der Waals surface area contributed by atoms with E-state index in [0.717, 1.165) is 6.07 Å². The smallest absolute Gasteiger partial charge is 0.369 e. The molecule has 1 rings (SSSR count). The highest BCUT2D eigenvalue weighted by molar-refractivity contribution is 7.99. The zero-order valence-electron chi connectivity index (χ0n) is 10.3. The average molecular weight is 280 g/mol. The molecule has 102 valence electrons. The van der Waals surface area contributed by atoms with Crippen LogP contribution < -0.4 is 11.1 Å². The lowest BCUT2D eigenvalue weighted by Gasteiger charge is -2.22. The Morgan fingerprint density at radius 3 is 2.44 bits per heavy atom. The number of thioether (sulfide) groups is 1. The predicted octanol–water partition coefficient (Wildman–Crippen LogP) is 2.63. The molecule has 0 aromatic carbocycles. The second-order valence-electron chi connectivity index (χ2n) is 4.31. The highest BCUT2D eigenvalue weighted by Gasteiger charge is 2.33. The van der Waals surface area contributed by atoms with Gasteiger partial charge in [-0.15, -0.1) is 0 Å². The summed E-state index contributed by atoms with van der Waals surface area (Å²) in [6.45, 7) is 4.42. The molecule has 0 aliphatic rings. The predicted molar refractivity (Wildman–Crippen MR) is 67.5 cm³/mol. The number of aromatic nitrogens is 2. The topological polar surface area (TPSA) is 63.8 Å². The molecule has 0 aliphatic carbocycles. The number of hydrogen-bond acceptors (Lipinski definition) is 5. The Kier molecular flexibility index (Phi) is 4.31. The fourth-order valence-electron chi connectivity index (χ4n) is 1.08. The van der Waals surface area contributed by atoms with E-state index < -0.39 is 17.8 Å². The maximum atomic E-state index is 12.5. The average Bonchev–Trinajstić information content (AvgIpc) is 2.25. The minimum absolute atomic E-state index is 0.0805. The third kappa shape index (κ3) is 4.25. The van der Waals surface area contributed by atoms with Crippen molar-refractivity contribution in [3.8, 4) is 0 Å². The van der Waals surface area contributed by atoms with Gasteiger partial charge in [0.05, 0.1) is 0 Å². The number of rotatable bonds is 4. The number of halogens is 3. The lowest BCUT2D eigenvalue weighted by molar-refractivity contribution is -0.141. The van der Waals surface area contributed by atoms with Gasteiger partial charge in [0.2, 0.25) is 5.95 Å². The molecule has 1 aromatic rings. The van der Waals surface area contributed by atoms with Crippen LogP contribution in [0, 0.1) is 0 Å². The van der Waals surface area contributed by atoms with Crippen LogP contribution >= 0.6 is 11.8 Å². The maximum Gasteiger partial charge on any atom is 0.433 e. The molecule has 0 fully saturated rings. The highest BCUT2D eigenvalue weighted by atomic mass is 32.2. The first-order valence-corrected chi connectivity index (χ1v) is 6.37. The third-order valence-corrected chi connectivity index (χ3v) is 3.53. The molecule has 3 N–H and O–H groups in total. The Morgan fingerprint density at radius 1 is 1.33 bits per heavy atom. The van der Waals surface area contributed by atoms with E-state index in [-0.39, 0.29) is 10.6 Å². The van der Waals surface area contributed by atoms with Crippen molar-refractivity contribution in [2.45, 2.75) is 24.8 Å². The number of nitrogens with two attached hydrogens (primary N) is 1. The number of nitrogens with zero attached hydrogens (tertiary/aromatic N) is 2. The molecule has 0 atom stereocenters. The van der Waals surface area contributed by atoms with Gasteiger partial charge < -0.3 is 11.1 Å². The summed E-state index contributed by atoms with van der Waals surface area (Å²) < 4.78 is 37.4. The standard InChI is InChI=1S/C10H15F3N4S/c1-9(2,18-3)5-15-7-4-6(10(11,12)13)16-8(14)17-7/h4H,5H2,1-3H3,(H3,14,15,16,17). The van der Waals surface area contributed by atoms with E-state index in [1.807, 2.05) is 20.1 Å². The van der Waals surface area contributed by atoms with Crippen molar-refractivity contribution < 1.29 is 13.2 Å². The molecular formula is C10H15F3N4S. The monoisotopic (exact) mass is 280 g/mol. The van der Waals surface area contributed by atoms with Gasteiger partial charge >= 0.3 is 6.18 Å². The van der Waals surface area contributed by atoms with Crippen molar-refractivity contribution in [1.29, 1.82) is 0 Å². The van der Waals surface area contributed by atoms with Crippen LogP contribution in [0.25, 0.3) is 0 Å². The van der Waals surface area contributed by atoms with Gasteiger partial charge in [0.25, 0.3) is 0 Å². The summed E-state index contributed by atoms with van der Waals surface area (Å²) in [5.74, 6) is -0.314. The number of nitrogen functional groups attached to an aromatic ring is 1. The van der Waals surface area contributed by atoms with Crippen LogP contribution in [-0.2, 0) is 6.18 Å². The lowest BCUT2D eigenvalue weighted by Crippen LogP contribution is -2.26. The van der Waals surface area contributed by atoms with Crippen molar-refractivity contribution >= 4 is 23.5 Å². The van der Waals surface area contributed by atoms with Crippen molar-refractivity contribution in [2.24, 2.45) is 0 Å². The van der Waals surface area contributed by atoms with Crippen molar-refractivity contribution in [1.82, 2.24) is 9.97 Å². The van der Waals surface area contributed by atoms with E-state index in [0.29, 0.717) is 6.54 Å². The lowest BCUT2D eigenvalue weighted by atomic mass is 10.2. The molecule has 18 heavy (non-hydrogen) atoms. The minimum Gasteiger partial charge on any atom is -0.369 e. The van der Waals surface area contributed by atoms with E-state index in [1.54, 1.807) is 11.8 Å². The largest absolute Gasteiger partial charge is 0.433 e. The zero-order chi connectivity index (χ0) is 14.0. The first-order chi connectivity index (χ1) is 8.14. The van der Waals surface area contributed by atoms with Gasteiger partial charge in [-0.1, -0.05) is 0 Å². The Labute approximate surface area is 108 Å². The third-order valence-electron chi connectivity index (χ3n) is 2.28. The van der Waals surface area contributed by atoms with Gasteiger partial charge in [-0.05, 0) is 20.1 Å². The first-order valence-electron chi connectivity index (χ1n) is 5.15. The first kappa shape index (κ1) is 14.9. The second-order valence-corrected chi connectivity index (χ2v) is 5.83. The molecule has 0 saturated carbocycles. The molecule has 0 aliphatic heterocycles. The quantitative estimate of drug-likeness (QED) is 0.887. The molecule has 4 nitrogen and oxygen atoms in total. The molecule has 1 aromatic heterocycles. The van der Waals surface area contributed by atoms with E-state index in [1.165, 1.54) is 0 Å². The van der Waals surface area contributed by atoms with Gasteiger partial charge in [-0.2, -0.15) is 29.9 Å². The Morgan fingerprint density at radius 2 is 1.94 bits per heavy atom. The fraction of sp³-hybridized carbons (Fsp3) is 0.600. The van der Waals surface area contributed by atoms with Crippen LogP contribution in [0.3, 0.4) is 0 Å². The molecule has 0 amide bonds. The maximum absolute atomic E-state index is 12.5. The molecule has 0 unspecified atom stereocenters. The highest BCUT2D eigenvalue weighted by Crippen LogP contribution is 2.29. The fourth-order valence-corrected chi connectivity index (χ4v) is 1.29. The van der Waals surface area contributed by atoms with Crippen molar-refractivity contribution in [3.63, 3.8) is 0 Å². The van der Waals surface area contributed by atoms with E-state index in [4.69, 9.17) is 5.73 Å². The number of hydrogen-bond donors (Lipinski definition) is 2. The van der Waals surface area contributed by atoms with Crippen LogP contribution in [0.4, 0.5) is 24.9 Å². The molecule has 8 heteroatoms. The normalized spacial score (nSPS) is 12.6. The van der Waals surface area contributed by atoms with Crippen molar-refractivity contribution in [2.75, 3.05) is 23.9 Å². The second kappa shape index (κ2) is 5.21. The summed E-state index contributed by atoms with van der Waals surface area (Å²) in [5.41, 5.74) is 4.22. The van der Waals surface area contributed by atoms with Gasteiger partial charge in [0, 0.05) is 17.4 Å². The van der Waals surface area contributed by atoms with Gasteiger partial charge in [-0.3, -0.25) is 0 Å². The van der Waals surface area contributed by atoms with Gasteiger partial charge in [-0.25, -0.2) is 4.98 Å². The molecular weight excluding hydrogens is 265 g/mol. The molecule has 1 heterocycles. The minimum atomic E-state index is -4.53. The zero-order valence-corrected chi connectivity index (χ0v) is 11.1. The van der Waals surface area contributed by atoms with E-state index in [2.05, 4.69) is 15.3 Å². The number of nitrogens with one attached hydrogen (secondary N) is 1. The van der Waals surface area contributed by atoms with Gasteiger partial charge in [0.1, 0.15) is 5.82 Å². The number of alkyl halides is 3. The summed E-state index contributed by atoms with van der Waals surface area (Å²) in [7, 11) is 0. The summed E-state index contributed by atoms with van der Waals surface area (Å²) in [4.78, 5) is 6.90. The Balaban J connectivity index is 2.88. The summed E-state index contributed by atoms with van der Waals surface area (Å²) in [5, 5.41) is 2.84. The van der Waals surface area contributed by atoms with E-state index in [9.17, 15) is 13.2 Å². The van der Waals surface area contributed by atoms with Crippen LogP contribution in [0.1, 0.15) is 19.5 Å². The van der Waals surface area contributed by atoms with Crippen LogP contribution in [0.5, 0.6) is 0 Å². The van der Waals surface area contributed by atoms with Crippen LogP contribution in [-0.4, -0.2) is 27.5 Å². The van der Waals surface area contributed by atoms with Crippen molar-refractivity contribution in [3.05, 3.63) is 11.8 Å². The van der Waals surface area contributed by atoms with Gasteiger partial charge in [0.15, 0.2) is 5.69 Å². The summed E-state index contributed by atoms with van der Waals surface area (Å²) >= 11 is 1.60. The number of anilines is 2. The van der Waals surface area contributed by atoms with E-state index >= 15 is 0 Å². The molecule has 0 bridgehead atoms. The summed E-state index contributed by atoms with van der Waals surface area (Å²) in [6, 6.07) is 0.854. The molecule has 0 saturated heterocycles. The Hall–Kier alpha value is -1.18. The SMILES string of the molecule is CSC(C)(C)CNc1cc(C(F)(F)F)nc(N)n1. The summed E-state index contributed by atoms with van der Waals surface area (Å²) in [6.07, 6.45) is -2.60. The molecule has 0 spiro atoms. The Bertz CT molecular complexity index is 420. The van der Waals surface area contributed by atoms with Crippen LogP contribution in [0.15, 0.2) is 6.07 Å².